The van der Waals surface area contributed by atoms with Crippen molar-refractivity contribution in [1.29, 1.82) is 0 Å². The van der Waals surface area contributed by atoms with Gasteiger partial charge < -0.3 is 14.5 Å². The normalized spacial score (nSPS) is 11.1. The quantitative estimate of drug-likeness (QED) is 0.574. The van der Waals surface area contributed by atoms with E-state index in [1.165, 1.54) is 6.26 Å². The van der Waals surface area contributed by atoms with E-state index in [1.807, 2.05) is 55.5 Å². The summed E-state index contributed by atoms with van der Waals surface area (Å²) in [5, 5.41) is 2.73. The molecule has 0 aliphatic carbocycles. The predicted octanol–water partition coefficient (Wildman–Crippen LogP) is 4.63. The standard InChI is InChI=1S/C23H27N3O3/c1-4-24-23(27)21-16-28-22(25-21)15-26(17(2)3)14-18-9-8-12-20(13-18)29-19-10-6-5-7-11-19/h5-13,16-17H,4,14-15H2,1-3H3,(H,24,27). The maximum atomic E-state index is 11.9. The molecular formula is C23H27N3O3. The van der Waals surface area contributed by atoms with E-state index < -0.39 is 0 Å². The molecule has 0 atom stereocenters. The first-order valence-corrected chi connectivity index (χ1v) is 9.83. The van der Waals surface area contributed by atoms with Crippen molar-refractivity contribution in [1.82, 2.24) is 15.2 Å². The maximum Gasteiger partial charge on any atom is 0.273 e. The van der Waals surface area contributed by atoms with Crippen LogP contribution >= 0.6 is 0 Å². The van der Waals surface area contributed by atoms with Crippen molar-refractivity contribution in [2.75, 3.05) is 6.54 Å². The summed E-state index contributed by atoms with van der Waals surface area (Å²) in [6, 6.07) is 18.0. The highest BCUT2D eigenvalue weighted by Crippen LogP contribution is 2.23. The molecule has 0 spiro atoms. The van der Waals surface area contributed by atoms with Crippen molar-refractivity contribution >= 4 is 5.91 Å². The van der Waals surface area contributed by atoms with Crippen LogP contribution < -0.4 is 10.1 Å². The van der Waals surface area contributed by atoms with E-state index in [0.29, 0.717) is 31.2 Å². The summed E-state index contributed by atoms with van der Waals surface area (Å²) in [6.07, 6.45) is 1.41. The van der Waals surface area contributed by atoms with E-state index in [4.69, 9.17) is 9.15 Å². The van der Waals surface area contributed by atoms with Crippen LogP contribution in [-0.4, -0.2) is 28.4 Å². The van der Waals surface area contributed by atoms with Crippen molar-refractivity contribution in [2.45, 2.75) is 39.9 Å². The van der Waals surface area contributed by atoms with E-state index in [1.54, 1.807) is 0 Å². The molecule has 0 unspecified atom stereocenters. The van der Waals surface area contributed by atoms with Gasteiger partial charge >= 0.3 is 0 Å². The second-order valence-electron chi connectivity index (χ2n) is 7.05. The van der Waals surface area contributed by atoms with E-state index >= 15 is 0 Å². The second kappa shape index (κ2) is 9.89. The fourth-order valence-corrected chi connectivity index (χ4v) is 2.90. The number of nitrogens with zero attached hydrogens (tertiary/aromatic N) is 2. The summed E-state index contributed by atoms with van der Waals surface area (Å²) >= 11 is 0. The fraction of sp³-hybridized carbons (Fsp3) is 0.304. The summed E-state index contributed by atoms with van der Waals surface area (Å²) in [5.41, 5.74) is 1.44. The Morgan fingerprint density at radius 1 is 1.10 bits per heavy atom. The Balaban J connectivity index is 1.68. The number of amides is 1. The number of hydrogen-bond acceptors (Lipinski definition) is 5. The minimum atomic E-state index is -0.218. The van der Waals surface area contributed by atoms with Crippen LogP contribution in [0.3, 0.4) is 0 Å². The number of aromatic nitrogens is 1. The third-order valence-electron chi connectivity index (χ3n) is 4.45. The number of oxazole rings is 1. The molecule has 0 bridgehead atoms. The Bertz CT molecular complexity index is 922. The van der Waals surface area contributed by atoms with Gasteiger partial charge in [0, 0.05) is 19.1 Å². The van der Waals surface area contributed by atoms with E-state index in [0.717, 1.165) is 17.1 Å². The number of benzene rings is 2. The number of nitrogens with one attached hydrogen (secondary N) is 1. The molecule has 6 nitrogen and oxygen atoms in total. The SMILES string of the molecule is CCNC(=O)c1coc(CN(Cc2cccc(Oc3ccccc3)c2)C(C)C)n1. The Morgan fingerprint density at radius 2 is 1.86 bits per heavy atom. The lowest BCUT2D eigenvalue weighted by molar-refractivity contribution is 0.0950. The topological polar surface area (TPSA) is 67.6 Å². The molecule has 152 valence electrons. The molecule has 3 rings (SSSR count). The lowest BCUT2D eigenvalue weighted by atomic mass is 10.1. The van der Waals surface area contributed by atoms with Crippen LogP contribution in [0.4, 0.5) is 0 Å². The van der Waals surface area contributed by atoms with Crippen LogP contribution in [0.15, 0.2) is 65.3 Å². The summed E-state index contributed by atoms with van der Waals surface area (Å²) in [6.45, 7) is 7.90. The summed E-state index contributed by atoms with van der Waals surface area (Å²) in [4.78, 5) is 18.4. The molecule has 1 N–H and O–H groups in total. The van der Waals surface area contributed by atoms with E-state index in [-0.39, 0.29) is 11.9 Å². The molecule has 1 heterocycles. The molecule has 0 aliphatic heterocycles. The highest BCUT2D eigenvalue weighted by atomic mass is 16.5. The second-order valence-corrected chi connectivity index (χ2v) is 7.05. The molecule has 6 heteroatoms. The molecule has 29 heavy (non-hydrogen) atoms. The predicted molar refractivity (Wildman–Crippen MR) is 112 cm³/mol. The molecule has 3 aromatic rings. The number of carbonyl (C=O) groups excluding carboxylic acids is 1. The van der Waals surface area contributed by atoms with Crippen molar-refractivity contribution in [3.05, 3.63) is 78.0 Å². The van der Waals surface area contributed by atoms with Crippen molar-refractivity contribution in [2.24, 2.45) is 0 Å². The lowest BCUT2D eigenvalue weighted by Gasteiger charge is -2.25. The van der Waals surface area contributed by atoms with Gasteiger partial charge in [-0.15, -0.1) is 0 Å². The average molecular weight is 393 g/mol. The van der Waals surface area contributed by atoms with Crippen LogP contribution in [0.25, 0.3) is 0 Å². The molecule has 0 fully saturated rings. The van der Waals surface area contributed by atoms with Gasteiger partial charge in [-0.05, 0) is 50.6 Å². The van der Waals surface area contributed by atoms with Gasteiger partial charge in [0.2, 0.25) is 5.89 Å². The van der Waals surface area contributed by atoms with Crippen molar-refractivity contribution in [3.63, 3.8) is 0 Å². The summed E-state index contributed by atoms with van der Waals surface area (Å²) in [5.74, 6) is 1.91. The molecule has 0 saturated carbocycles. The summed E-state index contributed by atoms with van der Waals surface area (Å²) < 4.78 is 11.5. The number of ether oxygens (including phenoxy) is 1. The molecule has 0 saturated heterocycles. The van der Waals surface area contributed by atoms with Crippen molar-refractivity contribution < 1.29 is 13.9 Å². The molecule has 1 aromatic heterocycles. The molecular weight excluding hydrogens is 366 g/mol. The van der Waals surface area contributed by atoms with Gasteiger partial charge in [0.25, 0.3) is 5.91 Å². The largest absolute Gasteiger partial charge is 0.457 e. The van der Waals surface area contributed by atoms with Gasteiger partial charge in [0.1, 0.15) is 17.8 Å². The monoisotopic (exact) mass is 393 g/mol. The van der Waals surface area contributed by atoms with Gasteiger partial charge in [-0.3, -0.25) is 9.69 Å². The zero-order valence-corrected chi connectivity index (χ0v) is 17.1. The highest BCUT2D eigenvalue weighted by Gasteiger charge is 2.17. The van der Waals surface area contributed by atoms with E-state index in [2.05, 4.69) is 35.1 Å². The van der Waals surface area contributed by atoms with Gasteiger partial charge in [-0.2, -0.15) is 0 Å². The minimum absolute atomic E-state index is 0.218. The molecule has 0 aliphatic rings. The van der Waals surface area contributed by atoms with Crippen LogP contribution in [0, 0.1) is 0 Å². The van der Waals surface area contributed by atoms with E-state index in [9.17, 15) is 4.79 Å². The number of para-hydroxylation sites is 1. The summed E-state index contributed by atoms with van der Waals surface area (Å²) in [7, 11) is 0. The zero-order chi connectivity index (χ0) is 20.6. The molecule has 1 amide bonds. The Labute approximate surface area is 171 Å². The minimum Gasteiger partial charge on any atom is -0.457 e. The third-order valence-corrected chi connectivity index (χ3v) is 4.45. The first-order valence-electron chi connectivity index (χ1n) is 9.83. The van der Waals surface area contributed by atoms with Gasteiger partial charge in [0.05, 0.1) is 6.54 Å². The van der Waals surface area contributed by atoms with Crippen molar-refractivity contribution in [3.8, 4) is 11.5 Å². The van der Waals surface area contributed by atoms with Crippen LogP contribution in [-0.2, 0) is 13.1 Å². The van der Waals surface area contributed by atoms with Crippen LogP contribution in [0.1, 0.15) is 42.7 Å². The van der Waals surface area contributed by atoms with Gasteiger partial charge in [0.15, 0.2) is 5.69 Å². The Morgan fingerprint density at radius 3 is 2.59 bits per heavy atom. The van der Waals surface area contributed by atoms with Crippen LogP contribution in [0.5, 0.6) is 11.5 Å². The lowest BCUT2D eigenvalue weighted by Crippen LogP contribution is -2.30. The third kappa shape index (κ3) is 5.93. The zero-order valence-electron chi connectivity index (χ0n) is 17.1. The van der Waals surface area contributed by atoms with Gasteiger partial charge in [-0.1, -0.05) is 30.3 Å². The van der Waals surface area contributed by atoms with Gasteiger partial charge in [-0.25, -0.2) is 4.98 Å². The number of rotatable bonds is 9. The highest BCUT2D eigenvalue weighted by molar-refractivity contribution is 5.91. The molecule has 2 aromatic carbocycles. The average Bonchev–Trinajstić information content (AvgIpc) is 3.17. The first-order chi connectivity index (χ1) is 14.0. The Kier molecular flexibility index (Phi) is 7.03. The maximum absolute atomic E-state index is 11.9. The fourth-order valence-electron chi connectivity index (χ4n) is 2.90. The Hall–Kier alpha value is -3.12. The van der Waals surface area contributed by atoms with Crippen LogP contribution in [0.2, 0.25) is 0 Å². The number of carbonyl (C=O) groups is 1. The molecule has 0 radical (unpaired) electrons. The first kappa shape index (κ1) is 20.6. The number of hydrogen-bond donors (Lipinski definition) is 1. The smallest absolute Gasteiger partial charge is 0.273 e.